The van der Waals surface area contributed by atoms with Crippen LogP contribution in [0.15, 0.2) is 72.9 Å². The van der Waals surface area contributed by atoms with Crippen molar-refractivity contribution in [3.63, 3.8) is 0 Å². The molecule has 1 heterocycles. The number of pyridine rings is 1. The molecule has 0 fully saturated rings. The Labute approximate surface area is 144 Å². The van der Waals surface area contributed by atoms with E-state index in [0.29, 0.717) is 22.4 Å². The number of nitrogens with zero attached hydrogens (tertiary/aromatic N) is 2. The van der Waals surface area contributed by atoms with Crippen LogP contribution in [-0.4, -0.2) is 10.9 Å². The molecule has 1 amide bonds. The molecule has 1 N–H and O–H groups in total. The summed E-state index contributed by atoms with van der Waals surface area (Å²) in [6.45, 7) is 0. The van der Waals surface area contributed by atoms with Gasteiger partial charge in [0.1, 0.15) is 11.9 Å². The van der Waals surface area contributed by atoms with Gasteiger partial charge in [-0.2, -0.15) is 5.26 Å². The molecule has 1 atom stereocenters. The summed E-state index contributed by atoms with van der Waals surface area (Å²) in [6, 6.07) is 19.7. The molecule has 25 heavy (non-hydrogen) atoms. The van der Waals surface area contributed by atoms with E-state index in [2.05, 4.69) is 16.4 Å². The molecule has 3 aromatic rings. The number of halogens is 1. The molecule has 0 aliphatic heterocycles. The predicted octanol–water partition coefficient (Wildman–Crippen LogP) is 3.88. The second-order valence-corrected chi connectivity index (χ2v) is 5.39. The lowest BCUT2D eigenvalue weighted by molar-refractivity contribution is 0.0945. The average molecular weight is 331 g/mol. The molecule has 1 aromatic heterocycles. The van der Waals surface area contributed by atoms with Crippen molar-refractivity contribution in [2.45, 2.75) is 6.04 Å². The number of amides is 1. The maximum atomic E-state index is 13.3. The zero-order valence-electron chi connectivity index (χ0n) is 13.2. The van der Waals surface area contributed by atoms with Gasteiger partial charge in [-0.3, -0.25) is 9.78 Å². The molecule has 0 saturated heterocycles. The lowest BCUT2D eigenvalue weighted by Gasteiger charge is -2.12. The van der Waals surface area contributed by atoms with Crippen LogP contribution in [0.4, 0.5) is 4.39 Å². The number of benzene rings is 2. The van der Waals surface area contributed by atoms with E-state index in [1.54, 1.807) is 48.5 Å². The van der Waals surface area contributed by atoms with E-state index < -0.39 is 11.9 Å². The lowest BCUT2D eigenvalue weighted by atomic mass is 10.1. The summed E-state index contributed by atoms with van der Waals surface area (Å²) in [6.07, 6.45) is 1.41. The first-order chi connectivity index (χ1) is 12.2. The van der Waals surface area contributed by atoms with Gasteiger partial charge in [-0.05, 0) is 29.8 Å². The van der Waals surface area contributed by atoms with Gasteiger partial charge in [0.25, 0.3) is 5.91 Å². The average Bonchev–Trinajstić information content (AvgIpc) is 2.67. The second kappa shape index (κ2) is 7.37. The van der Waals surface area contributed by atoms with Crippen molar-refractivity contribution in [2.24, 2.45) is 0 Å². The highest BCUT2D eigenvalue weighted by Gasteiger charge is 2.15. The van der Waals surface area contributed by atoms with Crippen LogP contribution in [0.5, 0.6) is 0 Å². The maximum Gasteiger partial charge on any atom is 0.254 e. The number of aromatic nitrogens is 1. The van der Waals surface area contributed by atoms with E-state index in [1.165, 1.54) is 18.3 Å². The topological polar surface area (TPSA) is 65.8 Å². The summed E-state index contributed by atoms with van der Waals surface area (Å²) >= 11 is 0. The Morgan fingerprint density at radius 1 is 1.08 bits per heavy atom. The smallest absolute Gasteiger partial charge is 0.254 e. The van der Waals surface area contributed by atoms with Gasteiger partial charge in [0, 0.05) is 11.8 Å². The Balaban J connectivity index is 1.76. The van der Waals surface area contributed by atoms with Crippen molar-refractivity contribution >= 4 is 5.91 Å². The molecule has 3 rings (SSSR count). The fourth-order valence-electron chi connectivity index (χ4n) is 2.40. The van der Waals surface area contributed by atoms with E-state index in [0.717, 1.165) is 0 Å². The number of hydrogen-bond acceptors (Lipinski definition) is 3. The van der Waals surface area contributed by atoms with Crippen molar-refractivity contribution in [3.05, 3.63) is 89.9 Å². The minimum absolute atomic E-state index is 0.330. The zero-order valence-corrected chi connectivity index (χ0v) is 13.2. The number of carbonyl (C=O) groups excluding carboxylic acids is 1. The molecule has 5 heteroatoms. The Hall–Kier alpha value is -3.52. The van der Waals surface area contributed by atoms with Crippen LogP contribution in [0, 0.1) is 17.1 Å². The van der Waals surface area contributed by atoms with Crippen molar-refractivity contribution in [2.75, 3.05) is 0 Å². The molecule has 0 bridgehead atoms. The minimum Gasteiger partial charge on any atom is -0.332 e. The first-order valence-electron chi connectivity index (χ1n) is 7.65. The first kappa shape index (κ1) is 16.3. The molecule has 0 radical (unpaired) electrons. The molecular formula is C20H14FN3O. The summed E-state index contributed by atoms with van der Waals surface area (Å²) in [5.41, 5.74) is 2.24. The Morgan fingerprint density at radius 2 is 1.88 bits per heavy atom. The van der Waals surface area contributed by atoms with Crippen LogP contribution in [-0.2, 0) is 0 Å². The number of rotatable bonds is 4. The van der Waals surface area contributed by atoms with Gasteiger partial charge >= 0.3 is 0 Å². The van der Waals surface area contributed by atoms with Crippen molar-refractivity contribution in [3.8, 4) is 17.3 Å². The molecule has 0 spiro atoms. The van der Waals surface area contributed by atoms with Gasteiger partial charge < -0.3 is 5.32 Å². The van der Waals surface area contributed by atoms with E-state index in [9.17, 15) is 14.4 Å². The lowest BCUT2D eigenvalue weighted by Crippen LogP contribution is -2.27. The number of nitrogens with one attached hydrogen (secondary N) is 1. The van der Waals surface area contributed by atoms with E-state index in [-0.39, 0.29) is 5.82 Å². The maximum absolute atomic E-state index is 13.3. The third kappa shape index (κ3) is 3.88. The molecule has 0 aliphatic rings. The molecule has 1 unspecified atom stereocenters. The highest BCUT2D eigenvalue weighted by atomic mass is 19.1. The highest BCUT2D eigenvalue weighted by Crippen LogP contribution is 2.18. The monoisotopic (exact) mass is 331 g/mol. The third-order valence-electron chi connectivity index (χ3n) is 3.68. The zero-order chi connectivity index (χ0) is 17.6. The van der Waals surface area contributed by atoms with Crippen LogP contribution in [0.2, 0.25) is 0 Å². The Bertz CT molecular complexity index is 918. The fraction of sp³-hybridized carbons (Fsp3) is 0.0500. The fourth-order valence-corrected chi connectivity index (χ4v) is 2.40. The van der Waals surface area contributed by atoms with Gasteiger partial charge in [0.2, 0.25) is 0 Å². The molecule has 122 valence electrons. The van der Waals surface area contributed by atoms with Crippen LogP contribution < -0.4 is 5.32 Å². The highest BCUT2D eigenvalue weighted by molar-refractivity contribution is 5.94. The van der Waals surface area contributed by atoms with Gasteiger partial charge in [0.15, 0.2) is 0 Å². The van der Waals surface area contributed by atoms with Gasteiger partial charge in [0.05, 0.1) is 17.3 Å². The molecule has 4 nitrogen and oxygen atoms in total. The summed E-state index contributed by atoms with van der Waals surface area (Å²) in [5.74, 6) is -0.741. The van der Waals surface area contributed by atoms with Gasteiger partial charge in [-0.1, -0.05) is 42.5 Å². The second-order valence-electron chi connectivity index (χ2n) is 5.39. The van der Waals surface area contributed by atoms with Crippen molar-refractivity contribution in [1.82, 2.24) is 10.3 Å². The molecule has 0 saturated carbocycles. The number of hydrogen-bond donors (Lipinski definition) is 1. The molecule has 2 aromatic carbocycles. The summed E-state index contributed by atoms with van der Waals surface area (Å²) in [5, 5.41) is 11.9. The molecule has 0 aliphatic carbocycles. The number of carbonyl (C=O) groups is 1. The van der Waals surface area contributed by atoms with Crippen LogP contribution >= 0.6 is 0 Å². The summed E-state index contributed by atoms with van der Waals surface area (Å²) in [4.78, 5) is 16.5. The van der Waals surface area contributed by atoms with E-state index >= 15 is 0 Å². The predicted molar refractivity (Wildman–Crippen MR) is 91.9 cm³/mol. The quantitative estimate of drug-likeness (QED) is 0.789. The minimum atomic E-state index is -0.739. The Morgan fingerprint density at radius 3 is 2.52 bits per heavy atom. The first-order valence-corrected chi connectivity index (χ1v) is 7.65. The third-order valence-corrected chi connectivity index (χ3v) is 3.68. The number of nitriles is 1. The van der Waals surface area contributed by atoms with Crippen LogP contribution in [0.25, 0.3) is 11.3 Å². The standard InChI is InChI=1S/C20H14FN3O/c21-17-8-4-7-15(11-17)18-10-9-16(13-23-18)20(25)24-19(12-22)14-5-2-1-3-6-14/h1-11,13,19H,(H,24,25). The van der Waals surface area contributed by atoms with Crippen LogP contribution in [0.1, 0.15) is 22.0 Å². The molecular weight excluding hydrogens is 317 g/mol. The van der Waals surface area contributed by atoms with Gasteiger partial charge in [-0.15, -0.1) is 0 Å². The van der Waals surface area contributed by atoms with Gasteiger partial charge in [-0.25, -0.2) is 4.39 Å². The summed E-state index contributed by atoms with van der Waals surface area (Å²) in [7, 11) is 0. The van der Waals surface area contributed by atoms with Crippen LogP contribution in [0.3, 0.4) is 0 Å². The normalized spacial score (nSPS) is 11.4. The van der Waals surface area contributed by atoms with E-state index in [4.69, 9.17) is 0 Å². The Kier molecular flexibility index (Phi) is 4.82. The summed E-state index contributed by atoms with van der Waals surface area (Å²) < 4.78 is 13.3. The van der Waals surface area contributed by atoms with E-state index in [1.807, 2.05) is 6.07 Å². The van der Waals surface area contributed by atoms with Crippen molar-refractivity contribution in [1.29, 1.82) is 5.26 Å². The largest absolute Gasteiger partial charge is 0.332 e. The van der Waals surface area contributed by atoms with Crippen molar-refractivity contribution < 1.29 is 9.18 Å². The SMILES string of the molecule is N#CC(NC(=O)c1ccc(-c2cccc(F)c2)nc1)c1ccccc1.